The third kappa shape index (κ3) is 8.74. The Morgan fingerprint density at radius 3 is 2.24 bits per heavy atom. The van der Waals surface area contributed by atoms with Gasteiger partial charge in [0, 0.05) is 25.5 Å². The largest absolute Gasteiger partial charge is 0.357 e. The van der Waals surface area contributed by atoms with Gasteiger partial charge in [0.25, 0.3) is 0 Å². The van der Waals surface area contributed by atoms with Crippen molar-refractivity contribution >= 4 is 15.2 Å². The summed E-state index contributed by atoms with van der Waals surface area (Å²) >= 11 is 0. The zero-order valence-electron chi connectivity index (χ0n) is 14.2. The Balaban J connectivity index is 2.36. The summed E-state index contributed by atoms with van der Waals surface area (Å²) in [5, 5.41) is 0. The Morgan fingerprint density at radius 2 is 1.67 bits per heavy atom. The summed E-state index contributed by atoms with van der Waals surface area (Å²) in [6.07, 6.45) is 10.2. The maximum absolute atomic E-state index is 5.71. The highest BCUT2D eigenvalue weighted by atomic mass is 28.2. The van der Waals surface area contributed by atoms with Crippen LogP contribution in [0.2, 0.25) is 5.54 Å². The Bertz CT molecular complexity index is 270. The minimum absolute atomic E-state index is 0.00103. The van der Waals surface area contributed by atoms with Crippen molar-refractivity contribution in [1.29, 1.82) is 0 Å². The lowest BCUT2D eigenvalue weighted by atomic mass is 9.98. The molecule has 122 valence electrons. The van der Waals surface area contributed by atoms with Gasteiger partial charge in [-0.1, -0.05) is 26.2 Å². The summed E-state index contributed by atoms with van der Waals surface area (Å²) in [5.74, 6) is -0.00103. The van der Waals surface area contributed by atoms with Gasteiger partial charge in [-0.3, -0.25) is 4.99 Å². The van der Waals surface area contributed by atoms with Crippen LogP contribution in [0.3, 0.4) is 0 Å². The van der Waals surface area contributed by atoms with Crippen LogP contribution in [0.15, 0.2) is 4.99 Å². The minimum atomic E-state index is -0.00103. The second-order valence-corrected chi connectivity index (χ2v) is 7.31. The average Bonchev–Trinajstić information content (AvgIpc) is 2.49. The first-order chi connectivity index (χ1) is 10.3. The Labute approximate surface area is 133 Å². The van der Waals surface area contributed by atoms with Crippen molar-refractivity contribution in [3.63, 3.8) is 0 Å². The monoisotopic (exact) mass is 311 g/mol. The fraction of sp³-hybridized carbons (Fsp3) is 0.941. The van der Waals surface area contributed by atoms with Crippen molar-refractivity contribution in [2.75, 3.05) is 19.8 Å². The van der Waals surface area contributed by atoms with Crippen LogP contribution < -0.4 is 0 Å². The van der Waals surface area contributed by atoms with Gasteiger partial charge in [0.05, 0.1) is 0 Å². The van der Waals surface area contributed by atoms with Crippen molar-refractivity contribution in [2.24, 2.45) is 4.99 Å². The van der Waals surface area contributed by atoms with E-state index in [1.54, 1.807) is 0 Å². The molecule has 1 aliphatic carbocycles. The highest BCUT2D eigenvalue weighted by Gasteiger charge is 2.18. The van der Waals surface area contributed by atoms with Gasteiger partial charge >= 0.3 is 0 Å². The van der Waals surface area contributed by atoms with Gasteiger partial charge in [0.15, 0.2) is 0 Å². The van der Waals surface area contributed by atoms with Gasteiger partial charge in [-0.15, -0.1) is 0 Å². The van der Waals surface area contributed by atoms with E-state index in [1.807, 2.05) is 13.8 Å². The lowest BCUT2D eigenvalue weighted by Crippen LogP contribution is -2.28. The van der Waals surface area contributed by atoms with Crippen LogP contribution in [-0.2, 0) is 9.47 Å². The summed E-state index contributed by atoms with van der Waals surface area (Å²) < 4.78 is 11.4. The smallest absolute Gasteiger partial charge is 0.137 e. The second-order valence-electron chi connectivity index (χ2n) is 5.69. The number of hydrogen-bond acceptors (Lipinski definition) is 3. The molecule has 4 heteroatoms. The number of hydrogen-bond donors (Lipinski definition) is 0. The van der Waals surface area contributed by atoms with E-state index >= 15 is 0 Å². The van der Waals surface area contributed by atoms with Gasteiger partial charge < -0.3 is 9.47 Å². The molecule has 0 aromatic heterocycles. The van der Waals surface area contributed by atoms with Crippen LogP contribution in [0, 0.1) is 0 Å². The third-order valence-electron chi connectivity index (χ3n) is 3.89. The fourth-order valence-corrected chi connectivity index (χ4v) is 4.46. The molecule has 1 saturated carbocycles. The quantitative estimate of drug-likeness (QED) is 0.417. The molecule has 0 heterocycles. The number of aliphatic imine (C=N–C) groups is 1. The minimum Gasteiger partial charge on any atom is -0.357 e. The summed E-state index contributed by atoms with van der Waals surface area (Å²) in [6.45, 7) is 8.82. The Hall–Kier alpha value is -0.193. The van der Waals surface area contributed by atoms with Crippen LogP contribution in [0.1, 0.15) is 72.1 Å². The number of rotatable bonds is 11. The molecule has 1 unspecified atom stereocenters. The van der Waals surface area contributed by atoms with E-state index in [1.165, 1.54) is 57.1 Å². The number of nitrogens with zero attached hydrogens (tertiary/aromatic N) is 1. The highest BCUT2D eigenvalue weighted by molar-refractivity contribution is 6.38. The first kappa shape index (κ1) is 18.9. The standard InChI is InChI=1S/C17H33NO2Si/c1-4-10-16(21-17(19-5-2)20-6-3)13-14-18-15-11-8-7-9-12-15/h16-17H,4-14H2,1-3H3. The van der Waals surface area contributed by atoms with E-state index in [-0.39, 0.29) is 5.91 Å². The molecule has 0 aromatic rings. The zero-order valence-corrected chi connectivity index (χ0v) is 15.2. The molecule has 0 spiro atoms. The topological polar surface area (TPSA) is 30.8 Å². The molecular formula is C17H33NO2Si. The van der Waals surface area contributed by atoms with Crippen LogP contribution in [0.4, 0.5) is 0 Å². The van der Waals surface area contributed by atoms with Gasteiger partial charge in [-0.05, 0) is 51.5 Å². The molecule has 1 aliphatic rings. The average molecular weight is 312 g/mol. The summed E-state index contributed by atoms with van der Waals surface area (Å²) in [7, 11) is 0.740. The molecule has 0 amide bonds. The molecule has 1 rings (SSSR count). The molecule has 3 nitrogen and oxygen atoms in total. The molecule has 1 fully saturated rings. The van der Waals surface area contributed by atoms with Gasteiger partial charge in [-0.2, -0.15) is 0 Å². The van der Waals surface area contributed by atoms with Gasteiger partial charge in [0.1, 0.15) is 15.4 Å². The molecule has 2 radical (unpaired) electrons. The van der Waals surface area contributed by atoms with Gasteiger partial charge in [0.2, 0.25) is 0 Å². The summed E-state index contributed by atoms with van der Waals surface area (Å²) in [5.41, 5.74) is 2.16. The van der Waals surface area contributed by atoms with Crippen molar-refractivity contribution in [3.8, 4) is 0 Å². The lowest BCUT2D eigenvalue weighted by molar-refractivity contribution is -0.0835. The van der Waals surface area contributed by atoms with Crippen molar-refractivity contribution < 1.29 is 9.47 Å². The molecule has 21 heavy (non-hydrogen) atoms. The second kappa shape index (κ2) is 12.4. The number of ether oxygens (including phenoxy) is 2. The predicted octanol–water partition coefficient (Wildman–Crippen LogP) is 4.43. The molecule has 0 saturated heterocycles. The first-order valence-electron chi connectivity index (χ1n) is 8.81. The Morgan fingerprint density at radius 1 is 1.00 bits per heavy atom. The SMILES string of the molecule is CCCC(CCN=C1CCCCC1)[Si]C(OCC)OCC. The molecular weight excluding hydrogens is 278 g/mol. The molecule has 0 bridgehead atoms. The zero-order chi connectivity index (χ0) is 15.3. The first-order valence-corrected chi connectivity index (χ1v) is 9.97. The van der Waals surface area contributed by atoms with E-state index in [0.29, 0.717) is 5.54 Å². The Kier molecular flexibility index (Phi) is 11.1. The van der Waals surface area contributed by atoms with E-state index in [2.05, 4.69) is 6.92 Å². The van der Waals surface area contributed by atoms with E-state index in [9.17, 15) is 0 Å². The van der Waals surface area contributed by atoms with Crippen molar-refractivity contribution in [3.05, 3.63) is 0 Å². The van der Waals surface area contributed by atoms with Crippen LogP contribution >= 0.6 is 0 Å². The third-order valence-corrected chi connectivity index (χ3v) is 5.54. The van der Waals surface area contributed by atoms with Crippen LogP contribution in [-0.4, -0.2) is 40.9 Å². The lowest BCUT2D eigenvalue weighted by Gasteiger charge is -2.22. The summed E-state index contributed by atoms with van der Waals surface area (Å²) in [6, 6.07) is 0. The predicted molar refractivity (Wildman–Crippen MR) is 91.5 cm³/mol. The molecule has 0 aliphatic heterocycles. The maximum Gasteiger partial charge on any atom is 0.137 e. The van der Waals surface area contributed by atoms with Crippen LogP contribution in [0.25, 0.3) is 0 Å². The van der Waals surface area contributed by atoms with E-state index in [0.717, 1.165) is 29.3 Å². The fourth-order valence-electron chi connectivity index (χ4n) is 2.80. The van der Waals surface area contributed by atoms with Crippen molar-refractivity contribution in [1.82, 2.24) is 0 Å². The highest BCUT2D eigenvalue weighted by Crippen LogP contribution is 2.20. The summed E-state index contributed by atoms with van der Waals surface area (Å²) in [4.78, 5) is 4.84. The molecule has 0 N–H and O–H groups in total. The van der Waals surface area contributed by atoms with E-state index in [4.69, 9.17) is 14.5 Å². The molecule has 0 aromatic carbocycles. The van der Waals surface area contributed by atoms with Crippen LogP contribution in [0.5, 0.6) is 0 Å². The van der Waals surface area contributed by atoms with E-state index < -0.39 is 0 Å². The molecule has 1 atom stereocenters. The van der Waals surface area contributed by atoms with Gasteiger partial charge in [-0.25, -0.2) is 0 Å². The maximum atomic E-state index is 5.71. The normalized spacial score (nSPS) is 17.2. The van der Waals surface area contributed by atoms with Crippen molar-refractivity contribution in [2.45, 2.75) is 83.6 Å².